The summed E-state index contributed by atoms with van der Waals surface area (Å²) in [4.78, 5) is 131. The first-order valence-corrected chi connectivity index (χ1v) is 40.1. The average molecular weight is 1550 g/mol. The van der Waals surface area contributed by atoms with E-state index in [4.69, 9.17) is 19.9 Å². The third kappa shape index (κ3) is 27.5. The van der Waals surface area contributed by atoms with Crippen LogP contribution in [0.5, 0.6) is 0 Å². The van der Waals surface area contributed by atoms with Gasteiger partial charge in [-0.05, 0) is 121 Å². The highest BCUT2D eigenvalue weighted by molar-refractivity contribution is 8.01. The van der Waals surface area contributed by atoms with Crippen molar-refractivity contribution in [1.29, 1.82) is 0 Å². The smallest absolute Gasteiger partial charge is 0.326 e. The molecule has 0 saturated carbocycles. The number of rotatable bonds is 41. The Morgan fingerprint density at radius 3 is 1.10 bits per heavy atom. The van der Waals surface area contributed by atoms with Gasteiger partial charge in [-0.3, -0.25) is 38.4 Å². The largest absolute Gasteiger partial charge is 0.480 e. The van der Waals surface area contributed by atoms with E-state index in [0.717, 1.165) is 45.1 Å². The van der Waals surface area contributed by atoms with E-state index in [1.54, 1.807) is 76.2 Å². The summed E-state index contributed by atoms with van der Waals surface area (Å²) in [5, 5.41) is 32.7. The van der Waals surface area contributed by atoms with Crippen molar-refractivity contribution in [2.24, 2.45) is 17.6 Å². The summed E-state index contributed by atoms with van der Waals surface area (Å²) >= 11 is 3.94. The number of carboxylic acid groups (broad SMARTS) is 1. The number of ether oxygens (including phenoxy) is 3. The molecule has 11 N–H and O–H groups in total. The molecule has 10 atom stereocenters. The predicted molar refractivity (Wildman–Crippen MR) is 434 cm³/mol. The lowest BCUT2D eigenvalue weighted by molar-refractivity contribution is -0.143. The number of thioether (sulfide) groups is 3. The Hall–Kier alpha value is -8.56. The van der Waals surface area contributed by atoms with Gasteiger partial charge in [0.1, 0.15) is 42.3 Å². The van der Waals surface area contributed by atoms with Crippen LogP contribution in [0, 0.1) is 11.8 Å². The molecule has 0 aliphatic heterocycles. The van der Waals surface area contributed by atoms with Crippen LogP contribution in [-0.2, 0) is 66.9 Å². The maximum atomic E-state index is 15.6. The van der Waals surface area contributed by atoms with E-state index in [2.05, 4.69) is 42.5 Å². The molecule has 0 radical (unpaired) electrons. The molecule has 6 rings (SSSR count). The van der Waals surface area contributed by atoms with Gasteiger partial charge >= 0.3 is 5.97 Å². The Balaban J connectivity index is 1.36. The van der Waals surface area contributed by atoms with Crippen molar-refractivity contribution in [1.82, 2.24) is 42.5 Å². The lowest BCUT2D eigenvalue weighted by Crippen LogP contribution is -2.64. The molecule has 6 aromatic rings. The van der Waals surface area contributed by atoms with Crippen molar-refractivity contribution in [3.63, 3.8) is 0 Å². The lowest BCUT2D eigenvalue weighted by Gasteiger charge is -2.37. The Kier molecular flexibility index (Phi) is 34.4. The summed E-state index contributed by atoms with van der Waals surface area (Å²) in [6.07, 6.45) is -0.727. The summed E-state index contributed by atoms with van der Waals surface area (Å²) in [7, 11) is 0. The molecule has 0 fully saturated rings. The minimum absolute atomic E-state index is 0.0596. The number of aliphatic carboxylic acids is 1. The molecule has 22 nitrogen and oxygen atoms in total. The lowest BCUT2D eigenvalue weighted by atomic mass is 9.84. The van der Waals surface area contributed by atoms with Crippen LogP contribution in [0.1, 0.15) is 150 Å². The monoisotopic (exact) mass is 1550 g/mol. The van der Waals surface area contributed by atoms with Crippen molar-refractivity contribution in [3.05, 3.63) is 215 Å². The van der Waals surface area contributed by atoms with Crippen LogP contribution in [0.4, 0.5) is 0 Å². The SMILES string of the molecule is CC[C@H](C)[C@H](NC(=O)[C@H](COC(C)(C)C)NC(=O)[C@@H](NC(=O)[C@H](CSCNC(C)=O)NC(=O)[C@@H](N)CSC(c1ccccc1)(c1ccccc1)c1ccccc1)[C@@H](C)OC(C)(C)C)C(=O)N[C@@H](CSC(c1ccccc1)(c1ccccc1)c1ccccc1)C(=O)N[C@@H](COC(C)(C)C)C(=O)N[C@@H](CC(C)C)C(=O)O. The van der Waals surface area contributed by atoms with E-state index in [1.165, 1.54) is 30.4 Å². The molecule has 0 heterocycles. The molecule has 0 aromatic heterocycles. The zero-order valence-electron chi connectivity index (χ0n) is 65.5. The van der Waals surface area contributed by atoms with E-state index in [-0.39, 0.29) is 41.4 Å². The van der Waals surface area contributed by atoms with Crippen LogP contribution >= 0.6 is 35.3 Å². The van der Waals surface area contributed by atoms with Gasteiger partial charge < -0.3 is 67.6 Å². The fraction of sp³-hybridized carbons (Fsp3) is 0.464. The molecule has 0 bridgehead atoms. The second-order valence-electron chi connectivity index (χ2n) is 30.4. The molecule has 0 aliphatic carbocycles. The number of carbonyl (C=O) groups excluding carboxylic acids is 8. The third-order valence-electron chi connectivity index (χ3n) is 17.7. The van der Waals surface area contributed by atoms with Crippen LogP contribution in [0.25, 0.3) is 0 Å². The molecule has 0 spiro atoms. The minimum atomic E-state index is -1.58. The Morgan fingerprint density at radius 1 is 0.413 bits per heavy atom. The molecular formula is C84H113N9O13S3. The number of nitrogens with one attached hydrogen (secondary N) is 8. The number of benzene rings is 6. The zero-order valence-corrected chi connectivity index (χ0v) is 67.9. The topological polar surface area (TPSA) is 324 Å². The van der Waals surface area contributed by atoms with Crippen LogP contribution in [-0.4, -0.2) is 166 Å². The molecule has 0 unspecified atom stereocenters. The quantitative estimate of drug-likeness (QED) is 0.00969. The minimum Gasteiger partial charge on any atom is -0.480 e. The van der Waals surface area contributed by atoms with Gasteiger partial charge in [0.05, 0.1) is 57.5 Å². The highest BCUT2D eigenvalue weighted by atomic mass is 32.2. The standard InChI is InChI=1S/C84H113N9O13S3/c1-16-55(4)70(77(100)91-69(75(98)88-66(48-104-80(7,8)9)73(96)87-65(79(102)103)47-54(2)3)52-109-84(61-41-29-20-30-42-61,62-43-31-21-32-44-62)63-45-33-22-34-46-63)92-74(97)67(49-105-81(10,11)12)89-78(101)71(56(5)106-82(13,14)15)93-76(99)68(51-107-53-86-57(6)94)90-72(95)64(85)50-108-83(58-35-23-17-24-36-58,59-37-25-18-26-38-59)60-39-27-19-28-40-60/h17-46,54-56,64-71H,16,47-53,85H2,1-15H3,(H,86,94)(H,87,96)(H,88,98)(H,89,101)(H,90,95)(H,91,100)(H,92,97)(H,93,99)(H,102,103)/t55-,56+,64-,65-,66-,67-,68-,69-,70-,71-/m0/s1. The predicted octanol–water partition coefficient (Wildman–Crippen LogP) is 10.00. The second kappa shape index (κ2) is 42.0. The van der Waals surface area contributed by atoms with Gasteiger partial charge in [0.2, 0.25) is 47.3 Å². The van der Waals surface area contributed by atoms with E-state index in [0.29, 0.717) is 6.42 Å². The first kappa shape index (κ1) is 89.3. The molecule has 0 aliphatic rings. The summed E-state index contributed by atoms with van der Waals surface area (Å²) < 4.78 is 16.9. The molecule has 590 valence electrons. The third-order valence-corrected chi connectivity index (χ3v) is 21.9. The van der Waals surface area contributed by atoms with Crippen molar-refractivity contribution in [3.8, 4) is 0 Å². The molecule has 6 aromatic carbocycles. The molecule has 8 amide bonds. The van der Waals surface area contributed by atoms with Gasteiger partial charge in [-0.15, -0.1) is 35.3 Å². The fourth-order valence-electron chi connectivity index (χ4n) is 12.0. The van der Waals surface area contributed by atoms with Crippen molar-refractivity contribution in [2.75, 3.05) is 36.3 Å². The Labute approximate surface area is 656 Å². The number of carbonyl (C=O) groups is 9. The zero-order chi connectivity index (χ0) is 80.3. The van der Waals surface area contributed by atoms with Gasteiger partial charge in [-0.25, -0.2) is 4.79 Å². The fourth-order valence-corrected chi connectivity index (χ4v) is 16.0. The van der Waals surface area contributed by atoms with Crippen LogP contribution < -0.4 is 48.3 Å². The van der Waals surface area contributed by atoms with E-state index in [1.807, 2.05) is 203 Å². The molecule has 0 saturated heterocycles. The average Bonchev–Trinajstić information content (AvgIpc) is 0.762. The number of hydrogen-bond acceptors (Lipinski definition) is 16. The summed E-state index contributed by atoms with van der Waals surface area (Å²) in [5.74, 6) is -8.31. The number of amides is 8. The second-order valence-corrected chi connectivity index (χ2v) is 33.9. The Morgan fingerprint density at radius 2 is 0.734 bits per heavy atom. The molecule has 109 heavy (non-hydrogen) atoms. The maximum Gasteiger partial charge on any atom is 0.326 e. The van der Waals surface area contributed by atoms with E-state index >= 15 is 24.0 Å². The highest BCUT2D eigenvalue weighted by Crippen LogP contribution is 2.50. The summed E-state index contributed by atoms with van der Waals surface area (Å²) in [5.41, 5.74) is 9.56. The van der Waals surface area contributed by atoms with Gasteiger partial charge in [0.25, 0.3) is 0 Å². The van der Waals surface area contributed by atoms with Crippen LogP contribution in [0.3, 0.4) is 0 Å². The van der Waals surface area contributed by atoms with Crippen molar-refractivity contribution in [2.45, 2.75) is 197 Å². The molecule has 25 heteroatoms. The van der Waals surface area contributed by atoms with E-state index < -0.39 is 147 Å². The number of carboxylic acids is 1. The first-order valence-electron chi connectivity index (χ1n) is 37.0. The van der Waals surface area contributed by atoms with Crippen molar-refractivity contribution >= 4 is 88.5 Å². The van der Waals surface area contributed by atoms with Crippen LogP contribution in [0.15, 0.2) is 182 Å². The van der Waals surface area contributed by atoms with Gasteiger partial charge in [-0.1, -0.05) is 216 Å². The van der Waals surface area contributed by atoms with Gasteiger partial charge in [0.15, 0.2) is 0 Å². The van der Waals surface area contributed by atoms with Gasteiger partial charge in [-0.2, -0.15) is 0 Å². The van der Waals surface area contributed by atoms with Gasteiger partial charge in [0, 0.05) is 24.2 Å². The number of nitrogens with two attached hydrogens (primary N) is 1. The summed E-state index contributed by atoms with van der Waals surface area (Å²) in [6.45, 7) is 25.1. The normalized spacial score (nSPS) is 14.8. The molecular weight excluding hydrogens is 1440 g/mol. The number of hydrogen-bond donors (Lipinski definition) is 10. The van der Waals surface area contributed by atoms with Crippen LogP contribution in [0.2, 0.25) is 0 Å². The van der Waals surface area contributed by atoms with E-state index in [9.17, 15) is 24.3 Å². The maximum absolute atomic E-state index is 15.6. The highest BCUT2D eigenvalue weighted by Gasteiger charge is 2.44. The van der Waals surface area contributed by atoms with Crippen molar-refractivity contribution < 1.29 is 62.5 Å². The Bertz CT molecular complexity index is 3690. The first-order chi connectivity index (χ1) is 51.5. The summed E-state index contributed by atoms with van der Waals surface area (Å²) in [6, 6.07) is 47.2.